The standard InChI is InChI=1S/C12H17NO4/c13-9(12(15)16)5-2-1-3-6-10(14)11-7-4-8-17-11/h4,7-9H,1-3,5-6,13H2,(H,15,16)/t9-/m0/s1. The summed E-state index contributed by atoms with van der Waals surface area (Å²) in [6.45, 7) is 0. The van der Waals surface area contributed by atoms with E-state index in [0.29, 0.717) is 18.6 Å². The van der Waals surface area contributed by atoms with Crippen LogP contribution >= 0.6 is 0 Å². The van der Waals surface area contributed by atoms with Crippen LogP contribution in [0.2, 0.25) is 0 Å². The Bertz CT molecular complexity index is 359. The van der Waals surface area contributed by atoms with Gasteiger partial charge in [0.05, 0.1) is 6.26 Å². The van der Waals surface area contributed by atoms with E-state index in [1.165, 1.54) is 6.26 Å². The molecular weight excluding hydrogens is 222 g/mol. The molecule has 1 heterocycles. The Morgan fingerprint density at radius 3 is 2.71 bits per heavy atom. The first-order chi connectivity index (χ1) is 8.11. The molecular formula is C12H17NO4. The van der Waals surface area contributed by atoms with Crippen LogP contribution in [0, 0.1) is 0 Å². The number of hydrogen-bond donors (Lipinski definition) is 2. The second-order valence-electron chi connectivity index (χ2n) is 3.94. The summed E-state index contributed by atoms with van der Waals surface area (Å²) in [5, 5.41) is 8.56. The van der Waals surface area contributed by atoms with Crippen molar-refractivity contribution in [1.82, 2.24) is 0 Å². The highest BCUT2D eigenvalue weighted by Crippen LogP contribution is 2.10. The number of hydrogen-bond acceptors (Lipinski definition) is 4. The molecule has 5 nitrogen and oxygen atoms in total. The van der Waals surface area contributed by atoms with E-state index >= 15 is 0 Å². The highest BCUT2D eigenvalue weighted by atomic mass is 16.4. The van der Waals surface area contributed by atoms with Crippen molar-refractivity contribution >= 4 is 11.8 Å². The molecule has 94 valence electrons. The summed E-state index contributed by atoms with van der Waals surface area (Å²) < 4.78 is 4.97. The van der Waals surface area contributed by atoms with E-state index < -0.39 is 12.0 Å². The van der Waals surface area contributed by atoms with Crippen molar-refractivity contribution in [3.8, 4) is 0 Å². The van der Waals surface area contributed by atoms with Crippen molar-refractivity contribution in [2.45, 2.75) is 38.1 Å². The van der Waals surface area contributed by atoms with Gasteiger partial charge in [-0.2, -0.15) is 0 Å². The van der Waals surface area contributed by atoms with Crippen molar-refractivity contribution in [3.05, 3.63) is 24.2 Å². The summed E-state index contributed by atoms with van der Waals surface area (Å²) in [7, 11) is 0. The van der Waals surface area contributed by atoms with Crippen LogP contribution in [-0.4, -0.2) is 22.9 Å². The van der Waals surface area contributed by atoms with Gasteiger partial charge in [-0.1, -0.05) is 12.8 Å². The molecule has 17 heavy (non-hydrogen) atoms. The lowest BCUT2D eigenvalue weighted by Crippen LogP contribution is -2.29. The third-order valence-electron chi connectivity index (χ3n) is 2.53. The monoisotopic (exact) mass is 239 g/mol. The number of rotatable bonds is 8. The van der Waals surface area contributed by atoms with E-state index in [9.17, 15) is 9.59 Å². The predicted octanol–water partition coefficient (Wildman–Crippen LogP) is 1.82. The largest absolute Gasteiger partial charge is 0.480 e. The molecule has 0 saturated carbocycles. The number of ketones is 1. The smallest absolute Gasteiger partial charge is 0.320 e. The molecule has 3 N–H and O–H groups in total. The molecule has 0 saturated heterocycles. The van der Waals surface area contributed by atoms with Gasteiger partial charge in [-0.3, -0.25) is 9.59 Å². The fourth-order valence-corrected chi connectivity index (χ4v) is 1.51. The Hall–Kier alpha value is -1.62. The summed E-state index contributed by atoms with van der Waals surface area (Å²) in [5.74, 6) is -0.610. The predicted molar refractivity (Wildman–Crippen MR) is 61.7 cm³/mol. The lowest BCUT2D eigenvalue weighted by atomic mass is 10.1. The van der Waals surface area contributed by atoms with E-state index in [4.69, 9.17) is 15.3 Å². The average Bonchev–Trinajstić information content (AvgIpc) is 2.81. The number of carbonyl (C=O) groups excluding carboxylic acids is 1. The zero-order chi connectivity index (χ0) is 12.7. The molecule has 1 rings (SSSR count). The van der Waals surface area contributed by atoms with Gasteiger partial charge in [-0.25, -0.2) is 0 Å². The first-order valence-electron chi connectivity index (χ1n) is 5.66. The molecule has 5 heteroatoms. The first-order valence-corrected chi connectivity index (χ1v) is 5.66. The van der Waals surface area contributed by atoms with Crippen molar-refractivity contribution < 1.29 is 19.1 Å². The Morgan fingerprint density at radius 2 is 2.12 bits per heavy atom. The molecule has 0 amide bonds. The van der Waals surface area contributed by atoms with Crippen LogP contribution in [0.5, 0.6) is 0 Å². The van der Waals surface area contributed by atoms with Gasteiger partial charge in [0, 0.05) is 6.42 Å². The summed E-state index contributed by atoms with van der Waals surface area (Å²) in [6, 6.07) is 2.53. The third-order valence-corrected chi connectivity index (χ3v) is 2.53. The molecule has 0 aliphatic carbocycles. The fraction of sp³-hybridized carbons (Fsp3) is 0.500. The van der Waals surface area contributed by atoms with Gasteiger partial charge in [-0.15, -0.1) is 0 Å². The molecule has 0 radical (unpaired) electrons. The molecule has 1 aromatic rings. The van der Waals surface area contributed by atoms with Gasteiger partial charge in [0.25, 0.3) is 0 Å². The second-order valence-corrected chi connectivity index (χ2v) is 3.94. The summed E-state index contributed by atoms with van der Waals surface area (Å²) in [5.41, 5.74) is 5.35. The molecule has 0 aliphatic heterocycles. The number of furan rings is 1. The Labute approximate surface area is 99.6 Å². The molecule has 0 unspecified atom stereocenters. The van der Waals surface area contributed by atoms with E-state index in [-0.39, 0.29) is 5.78 Å². The zero-order valence-electron chi connectivity index (χ0n) is 9.59. The molecule has 1 atom stereocenters. The number of unbranched alkanes of at least 4 members (excludes halogenated alkanes) is 2. The van der Waals surface area contributed by atoms with Gasteiger partial charge in [0.1, 0.15) is 6.04 Å². The molecule has 0 spiro atoms. The van der Waals surface area contributed by atoms with E-state index in [2.05, 4.69) is 0 Å². The van der Waals surface area contributed by atoms with Gasteiger partial charge in [0.15, 0.2) is 11.5 Å². The topological polar surface area (TPSA) is 93.5 Å². The highest BCUT2D eigenvalue weighted by molar-refractivity contribution is 5.93. The molecule has 0 fully saturated rings. The van der Waals surface area contributed by atoms with Crippen molar-refractivity contribution in [1.29, 1.82) is 0 Å². The van der Waals surface area contributed by atoms with E-state index in [0.717, 1.165) is 19.3 Å². The Morgan fingerprint density at radius 1 is 1.35 bits per heavy atom. The van der Waals surface area contributed by atoms with Gasteiger partial charge < -0.3 is 15.3 Å². The average molecular weight is 239 g/mol. The van der Waals surface area contributed by atoms with E-state index in [1.807, 2.05) is 0 Å². The third kappa shape index (κ3) is 4.82. The maximum absolute atomic E-state index is 11.5. The number of aliphatic carboxylic acids is 1. The fourth-order valence-electron chi connectivity index (χ4n) is 1.51. The van der Waals surface area contributed by atoms with Crippen molar-refractivity contribution in [3.63, 3.8) is 0 Å². The number of carboxylic acids is 1. The van der Waals surface area contributed by atoms with Crippen LogP contribution in [0.4, 0.5) is 0 Å². The van der Waals surface area contributed by atoms with E-state index in [1.54, 1.807) is 12.1 Å². The van der Waals surface area contributed by atoms with Crippen molar-refractivity contribution in [2.24, 2.45) is 5.73 Å². The maximum Gasteiger partial charge on any atom is 0.320 e. The number of carboxylic acid groups (broad SMARTS) is 1. The summed E-state index contributed by atoms with van der Waals surface area (Å²) in [4.78, 5) is 21.9. The normalized spacial score (nSPS) is 12.3. The molecule has 0 aliphatic rings. The van der Waals surface area contributed by atoms with Crippen LogP contribution < -0.4 is 5.73 Å². The minimum atomic E-state index is -0.975. The van der Waals surface area contributed by atoms with Crippen LogP contribution in [0.3, 0.4) is 0 Å². The minimum Gasteiger partial charge on any atom is -0.480 e. The maximum atomic E-state index is 11.5. The SMILES string of the molecule is N[C@@H](CCCCCC(=O)c1ccco1)C(=O)O. The van der Waals surface area contributed by atoms with Crippen molar-refractivity contribution in [2.75, 3.05) is 0 Å². The van der Waals surface area contributed by atoms with Gasteiger partial charge >= 0.3 is 5.97 Å². The van der Waals surface area contributed by atoms with Crippen LogP contribution in [0.1, 0.15) is 42.7 Å². The summed E-state index contributed by atoms with van der Waals surface area (Å²) in [6.07, 6.45) is 4.59. The van der Waals surface area contributed by atoms with Crippen LogP contribution in [0.15, 0.2) is 22.8 Å². The molecule has 1 aromatic heterocycles. The number of Topliss-reactive ketones (excluding diaryl/α,β-unsaturated/α-hetero) is 1. The van der Waals surface area contributed by atoms with Gasteiger partial charge in [-0.05, 0) is 25.0 Å². The molecule has 0 aromatic carbocycles. The lowest BCUT2D eigenvalue weighted by Gasteiger charge is -2.05. The summed E-state index contributed by atoms with van der Waals surface area (Å²) >= 11 is 0. The van der Waals surface area contributed by atoms with Gasteiger partial charge in [0.2, 0.25) is 0 Å². The Kier molecular flexibility index (Phi) is 5.42. The first kappa shape index (κ1) is 13.4. The highest BCUT2D eigenvalue weighted by Gasteiger charge is 2.11. The Balaban J connectivity index is 2.09. The van der Waals surface area contributed by atoms with Crippen LogP contribution in [-0.2, 0) is 4.79 Å². The van der Waals surface area contributed by atoms with Crippen LogP contribution in [0.25, 0.3) is 0 Å². The second kappa shape index (κ2) is 6.85. The quantitative estimate of drug-likeness (QED) is 0.533. The lowest BCUT2D eigenvalue weighted by molar-refractivity contribution is -0.138. The minimum absolute atomic E-state index is 0.0162. The molecule has 0 bridgehead atoms. The number of nitrogens with two attached hydrogens (primary N) is 1. The number of carbonyl (C=O) groups is 2. The zero-order valence-corrected chi connectivity index (χ0v) is 9.59.